The van der Waals surface area contributed by atoms with Crippen LogP contribution in [0.3, 0.4) is 0 Å². The zero-order valence-electron chi connectivity index (χ0n) is 10.9. The van der Waals surface area contributed by atoms with Crippen molar-refractivity contribution in [1.82, 2.24) is 14.7 Å². The number of aromatic nitrogens is 2. The zero-order valence-corrected chi connectivity index (χ0v) is 11.6. The van der Waals surface area contributed by atoms with E-state index in [0.717, 1.165) is 32.4 Å². The molecule has 2 rings (SSSR count). The van der Waals surface area contributed by atoms with Crippen LogP contribution in [0.2, 0.25) is 0 Å². The van der Waals surface area contributed by atoms with Crippen LogP contribution >= 0.6 is 11.6 Å². The highest BCUT2D eigenvalue weighted by Crippen LogP contribution is 2.19. The molecule has 6 nitrogen and oxygen atoms in total. The Morgan fingerprint density at radius 2 is 2.05 bits per heavy atom. The maximum atomic E-state index is 12.5. The second-order valence-corrected chi connectivity index (χ2v) is 4.83. The molecule has 1 N–H and O–H groups in total. The number of carbonyl (C=O) groups excluding carboxylic acids is 2. The van der Waals surface area contributed by atoms with Gasteiger partial charge in [-0.15, -0.1) is 11.6 Å². The van der Waals surface area contributed by atoms with Crippen molar-refractivity contribution in [3.8, 4) is 0 Å². The molecule has 2 heterocycles. The largest absolute Gasteiger partial charge is 0.337 e. The van der Waals surface area contributed by atoms with E-state index in [1.54, 1.807) is 11.9 Å². The van der Waals surface area contributed by atoms with E-state index >= 15 is 0 Å². The van der Waals surface area contributed by atoms with E-state index in [4.69, 9.17) is 11.6 Å². The van der Waals surface area contributed by atoms with Crippen molar-refractivity contribution in [2.75, 3.05) is 24.3 Å². The van der Waals surface area contributed by atoms with E-state index in [0.29, 0.717) is 11.4 Å². The Balaban J connectivity index is 2.20. The van der Waals surface area contributed by atoms with Crippen LogP contribution in [0.5, 0.6) is 0 Å². The number of carbonyl (C=O) groups is 2. The van der Waals surface area contributed by atoms with Crippen molar-refractivity contribution < 1.29 is 9.59 Å². The van der Waals surface area contributed by atoms with Crippen molar-refractivity contribution >= 4 is 29.1 Å². The summed E-state index contributed by atoms with van der Waals surface area (Å²) in [5.41, 5.74) is 0.823. The number of halogens is 1. The summed E-state index contributed by atoms with van der Waals surface area (Å²) in [7, 11) is 1.69. The molecule has 7 heteroatoms. The van der Waals surface area contributed by atoms with Crippen LogP contribution < -0.4 is 5.32 Å². The first-order valence-corrected chi connectivity index (χ1v) is 6.84. The van der Waals surface area contributed by atoms with Gasteiger partial charge in [-0.05, 0) is 19.3 Å². The summed E-state index contributed by atoms with van der Waals surface area (Å²) in [5.74, 6) is -0.585. The lowest BCUT2D eigenvalue weighted by molar-refractivity contribution is -0.113. The molecule has 0 radical (unpaired) electrons. The average molecular weight is 285 g/mol. The average Bonchev–Trinajstić information content (AvgIpc) is 2.79. The SMILES string of the molecule is Cn1ncc(NC(=O)CCl)c1C(=O)N1CCCCC1. The van der Waals surface area contributed by atoms with Crippen LogP contribution in [0, 0.1) is 0 Å². The monoisotopic (exact) mass is 284 g/mol. The van der Waals surface area contributed by atoms with Gasteiger partial charge in [0.2, 0.25) is 5.91 Å². The molecule has 1 aromatic rings. The van der Waals surface area contributed by atoms with Crippen molar-refractivity contribution in [3.63, 3.8) is 0 Å². The van der Waals surface area contributed by atoms with E-state index in [1.807, 2.05) is 0 Å². The number of rotatable bonds is 3. The number of likely N-dealkylation sites (tertiary alicyclic amines) is 1. The van der Waals surface area contributed by atoms with Gasteiger partial charge in [-0.25, -0.2) is 0 Å². The first-order valence-electron chi connectivity index (χ1n) is 6.30. The van der Waals surface area contributed by atoms with E-state index in [1.165, 1.54) is 10.9 Å². The lowest BCUT2D eigenvalue weighted by atomic mass is 10.1. The fourth-order valence-electron chi connectivity index (χ4n) is 2.21. The molecule has 1 fully saturated rings. The summed E-state index contributed by atoms with van der Waals surface area (Å²) in [6.07, 6.45) is 4.67. The second kappa shape index (κ2) is 6.06. The number of hydrogen-bond donors (Lipinski definition) is 1. The number of alkyl halides is 1. The van der Waals surface area contributed by atoms with E-state index in [-0.39, 0.29) is 17.7 Å². The van der Waals surface area contributed by atoms with Crippen LogP contribution in [0.25, 0.3) is 0 Å². The third-order valence-corrected chi connectivity index (χ3v) is 3.42. The van der Waals surface area contributed by atoms with Gasteiger partial charge in [0.1, 0.15) is 11.6 Å². The fourth-order valence-corrected chi connectivity index (χ4v) is 2.28. The Bertz CT molecular complexity index is 480. The molecule has 104 valence electrons. The van der Waals surface area contributed by atoms with Gasteiger partial charge in [0.25, 0.3) is 5.91 Å². The smallest absolute Gasteiger partial charge is 0.274 e. The molecule has 1 aliphatic rings. The van der Waals surface area contributed by atoms with E-state index < -0.39 is 0 Å². The molecular weight excluding hydrogens is 268 g/mol. The number of amides is 2. The Labute approximate surface area is 116 Å². The summed E-state index contributed by atoms with van der Waals surface area (Å²) in [5, 5.41) is 6.63. The van der Waals surface area contributed by atoms with Crippen LogP contribution in [0.15, 0.2) is 6.20 Å². The first kappa shape index (κ1) is 13.9. The Hall–Kier alpha value is -1.56. The highest BCUT2D eigenvalue weighted by atomic mass is 35.5. The molecule has 0 unspecified atom stereocenters. The molecule has 0 aromatic carbocycles. The molecule has 0 spiro atoms. The molecule has 0 atom stereocenters. The number of anilines is 1. The Morgan fingerprint density at radius 1 is 1.37 bits per heavy atom. The topological polar surface area (TPSA) is 67.2 Å². The minimum atomic E-state index is -0.345. The van der Waals surface area contributed by atoms with E-state index in [9.17, 15) is 9.59 Å². The van der Waals surface area contributed by atoms with Gasteiger partial charge < -0.3 is 10.2 Å². The van der Waals surface area contributed by atoms with Gasteiger partial charge in [-0.2, -0.15) is 5.10 Å². The normalized spacial score (nSPS) is 15.4. The van der Waals surface area contributed by atoms with E-state index in [2.05, 4.69) is 10.4 Å². The number of aryl methyl sites for hydroxylation is 1. The van der Waals surface area contributed by atoms with Crippen molar-refractivity contribution in [2.45, 2.75) is 19.3 Å². The molecule has 0 saturated carbocycles. The quantitative estimate of drug-likeness (QED) is 0.849. The highest BCUT2D eigenvalue weighted by molar-refractivity contribution is 6.29. The van der Waals surface area contributed by atoms with Gasteiger partial charge in [-0.3, -0.25) is 14.3 Å². The van der Waals surface area contributed by atoms with Crippen LogP contribution in [-0.2, 0) is 11.8 Å². The number of hydrogen-bond acceptors (Lipinski definition) is 3. The predicted molar refractivity (Wildman–Crippen MR) is 72.3 cm³/mol. The van der Waals surface area contributed by atoms with Crippen molar-refractivity contribution in [3.05, 3.63) is 11.9 Å². The van der Waals surface area contributed by atoms with Gasteiger partial charge in [0.15, 0.2) is 0 Å². The Kier molecular flexibility index (Phi) is 4.42. The Morgan fingerprint density at radius 3 is 2.68 bits per heavy atom. The molecule has 19 heavy (non-hydrogen) atoms. The number of piperidine rings is 1. The highest BCUT2D eigenvalue weighted by Gasteiger charge is 2.24. The predicted octanol–water partition coefficient (Wildman–Crippen LogP) is 1.22. The molecular formula is C12H17ClN4O2. The zero-order chi connectivity index (χ0) is 13.8. The molecule has 0 bridgehead atoms. The summed E-state index contributed by atoms with van der Waals surface area (Å²) in [6.45, 7) is 1.51. The van der Waals surface area contributed by atoms with Crippen LogP contribution in [0.4, 0.5) is 5.69 Å². The lowest BCUT2D eigenvalue weighted by Crippen LogP contribution is -2.37. The summed E-state index contributed by atoms with van der Waals surface area (Å²) in [4.78, 5) is 25.6. The maximum Gasteiger partial charge on any atom is 0.274 e. The first-order chi connectivity index (χ1) is 9.13. The van der Waals surface area contributed by atoms with Crippen LogP contribution in [0.1, 0.15) is 29.8 Å². The second-order valence-electron chi connectivity index (χ2n) is 4.57. The standard InChI is InChI=1S/C12H17ClN4O2/c1-16-11(9(8-14-16)15-10(18)7-13)12(19)17-5-3-2-4-6-17/h8H,2-7H2,1H3,(H,15,18). The third kappa shape index (κ3) is 3.07. The van der Waals surface area contributed by atoms with Gasteiger partial charge >= 0.3 is 0 Å². The lowest BCUT2D eigenvalue weighted by Gasteiger charge is -2.27. The molecule has 1 aliphatic heterocycles. The number of nitrogens with zero attached hydrogens (tertiary/aromatic N) is 3. The van der Waals surface area contributed by atoms with Gasteiger partial charge in [0, 0.05) is 20.1 Å². The summed E-state index contributed by atoms with van der Waals surface area (Å²) < 4.78 is 1.49. The number of nitrogens with one attached hydrogen (secondary N) is 1. The molecule has 0 aliphatic carbocycles. The fraction of sp³-hybridized carbons (Fsp3) is 0.583. The van der Waals surface area contributed by atoms with Crippen molar-refractivity contribution in [2.24, 2.45) is 7.05 Å². The third-order valence-electron chi connectivity index (χ3n) is 3.18. The minimum absolute atomic E-state index is 0.0930. The van der Waals surface area contributed by atoms with Gasteiger partial charge in [0.05, 0.1) is 11.9 Å². The molecule has 1 aromatic heterocycles. The summed E-state index contributed by atoms with van der Waals surface area (Å²) >= 11 is 5.45. The maximum absolute atomic E-state index is 12.5. The molecule has 2 amide bonds. The minimum Gasteiger partial charge on any atom is -0.337 e. The summed E-state index contributed by atoms with van der Waals surface area (Å²) in [6, 6.07) is 0. The van der Waals surface area contributed by atoms with Crippen LogP contribution in [-0.4, -0.2) is 45.5 Å². The van der Waals surface area contributed by atoms with Crippen molar-refractivity contribution in [1.29, 1.82) is 0 Å². The molecule has 1 saturated heterocycles. The van der Waals surface area contributed by atoms with Gasteiger partial charge in [-0.1, -0.05) is 0 Å².